The molecule has 150 valence electrons. The SMILES string of the molecule is COc1cc(F)ccc1O[C@@H]1CCN(C(=O)CCc2ccc(Cl)cc2)C[C@H]1O. The van der Waals surface area contributed by atoms with Crippen LogP contribution in [0.1, 0.15) is 18.4 Å². The molecule has 28 heavy (non-hydrogen) atoms. The van der Waals surface area contributed by atoms with E-state index in [0.29, 0.717) is 36.6 Å². The number of aliphatic hydroxyl groups is 1. The molecule has 5 nitrogen and oxygen atoms in total. The lowest BCUT2D eigenvalue weighted by Crippen LogP contribution is -2.51. The van der Waals surface area contributed by atoms with E-state index in [9.17, 15) is 14.3 Å². The number of hydrogen-bond donors (Lipinski definition) is 1. The van der Waals surface area contributed by atoms with Crippen molar-refractivity contribution in [3.05, 3.63) is 58.9 Å². The molecule has 1 saturated heterocycles. The van der Waals surface area contributed by atoms with Gasteiger partial charge in [0.2, 0.25) is 5.91 Å². The van der Waals surface area contributed by atoms with E-state index in [1.807, 2.05) is 12.1 Å². The molecule has 2 aromatic carbocycles. The summed E-state index contributed by atoms with van der Waals surface area (Å²) >= 11 is 5.87. The molecule has 0 radical (unpaired) electrons. The Morgan fingerprint density at radius 3 is 2.68 bits per heavy atom. The van der Waals surface area contributed by atoms with Gasteiger partial charge in [0.25, 0.3) is 0 Å². The lowest BCUT2D eigenvalue weighted by Gasteiger charge is -2.36. The number of β-amino-alcohol motifs (C(OH)–C–C–N with tert-alkyl or cyclic N) is 1. The van der Waals surface area contributed by atoms with Gasteiger partial charge in [0.1, 0.15) is 18.0 Å². The van der Waals surface area contributed by atoms with Gasteiger partial charge in [-0.15, -0.1) is 0 Å². The first-order valence-corrected chi connectivity index (χ1v) is 9.54. The smallest absolute Gasteiger partial charge is 0.222 e. The number of aliphatic hydroxyl groups excluding tert-OH is 1. The normalized spacial score (nSPS) is 19.4. The van der Waals surface area contributed by atoms with Crippen molar-refractivity contribution in [1.82, 2.24) is 4.90 Å². The summed E-state index contributed by atoms with van der Waals surface area (Å²) in [6.07, 6.45) is 0.151. The van der Waals surface area contributed by atoms with Crippen LogP contribution in [0, 0.1) is 5.82 Å². The molecule has 1 fully saturated rings. The van der Waals surface area contributed by atoms with Crippen LogP contribution in [0.2, 0.25) is 5.02 Å². The van der Waals surface area contributed by atoms with Crippen molar-refractivity contribution in [3.8, 4) is 11.5 Å². The Kier molecular flexibility index (Phi) is 6.75. The zero-order chi connectivity index (χ0) is 20.1. The van der Waals surface area contributed by atoms with E-state index in [4.69, 9.17) is 21.1 Å². The van der Waals surface area contributed by atoms with Crippen molar-refractivity contribution in [3.63, 3.8) is 0 Å². The molecule has 1 N–H and O–H groups in total. The monoisotopic (exact) mass is 407 g/mol. The molecule has 7 heteroatoms. The largest absolute Gasteiger partial charge is 0.493 e. The number of halogens is 2. The molecule has 1 amide bonds. The van der Waals surface area contributed by atoms with Crippen molar-refractivity contribution in [2.24, 2.45) is 0 Å². The third-order valence-corrected chi connectivity index (χ3v) is 5.07. The van der Waals surface area contributed by atoms with E-state index < -0.39 is 18.0 Å². The fourth-order valence-corrected chi connectivity index (χ4v) is 3.36. The number of amides is 1. The van der Waals surface area contributed by atoms with Crippen LogP contribution >= 0.6 is 11.6 Å². The summed E-state index contributed by atoms with van der Waals surface area (Å²) in [7, 11) is 1.43. The summed E-state index contributed by atoms with van der Waals surface area (Å²) in [5.74, 6) is 0.210. The topological polar surface area (TPSA) is 59.0 Å². The molecule has 0 spiro atoms. The second-order valence-corrected chi connectivity index (χ2v) is 7.21. The minimum absolute atomic E-state index is 0.00758. The Bertz CT molecular complexity index is 815. The van der Waals surface area contributed by atoms with Gasteiger partial charge in [-0.05, 0) is 36.2 Å². The van der Waals surface area contributed by atoms with Crippen LogP contribution in [0.15, 0.2) is 42.5 Å². The lowest BCUT2D eigenvalue weighted by molar-refractivity contribution is -0.137. The van der Waals surface area contributed by atoms with Gasteiger partial charge in [0.05, 0.1) is 13.7 Å². The second-order valence-electron chi connectivity index (χ2n) is 6.77. The van der Waals surface area contributed by atoms with Crippen molar-refractivity contribution in [2.75, 3.05) is 20.2 Å². The summed E-state index contributed by atoms with van der Waals surface area (Å²) < 4.78 is 24.3. The number of benzene rings is 2. The van der Waals surface area contributed by atoms with E-state index in [1.54, 1.807) is 17.0 Å². The summed E-state index contributed by atoms with van der Waals surface area (Å²) in [6, 6.07) is 11.4. The van der Waals surface area contributed by atoms with Gasteiger partial charge in [0.15, 0.2) is 11.5 Å². The van der Waals surface area contributed by atoms with Gasteiger partial charge < -0.3 is 19.5 Å². The predicted octanol–water partition coefficient (Wildman–Crippen LogP) is 3.46. The Labute approximate surface area is 168 Å². The molecule has 0 bridgehead atoms. The van der Waals surface area contributed by atoms with Crippen molar-refractivity contribution >= 4 is 17.5 Å². The number of piperidine rings is 1. The zero-order valence-electron chi connectivity index (χ0n) is 15.6. The van der Waals surface area contributed by atoms with E-state index >= 15 is 0 Å². The third kappa shape index (κ3) is 5.14. The third-order valence-electron chi connectivity index (χ3n) is 4.82. The van der Waals surface area contributed by atoms with Crippen molar-refractivity contribution < 1.29 is 23.8 Å². The van der Waals surface area contributed by atoms with Crippen LogP contribution in [0.3, 0.4) is 0 Å². The molecule has 2 aromatic rings. The summed E-state index contributed by atoms with van der Waals surface area (Å²) in [5.41, 5.74) is 1.04. The van der Waals surface area contributed by atoms with Crippen LogP contribution in [0.5, 0.6) is 11.5 Å². The minimum Gasteiger partial charge on any atom is -0.493 e. The van der Waals surface area contributed by atoms with Gasteiger partial charge in [-0.1, -0.05) is 23.7 Å². The number of likely N-dealkylation sites (tertiary alicyclic amines) is 1. The molecule has 1 heterocycles. The number of aryl methyl sites for hydroxylation is 1. The highest BCUT2D eigenvalue weighted by Crippen LogP contribution is 2.30. The Hall–Kier alpha value is -2.31. The number of carbonyl (C=O) groups excluding carboxylic acids is 1. The van der Waals surface area contributed by atoms with E-state index in [-0.39, 0.29) is 18.2 Å². The number of rotatable bonds is 6. The van der Waals surface area contributed by atoms with Crippen LogP contribution in [0.4, 0.5) is 4.39 Å². The highest BCUT2D eigenvalue weighted by Gasteiger charge is 2.32. The molecular formula is C21H23ClFNO4. The molecule has 2 atom stereocenters. The lowest BCUT2D eigenvalue weighted by atomic mass is 10.0. The molecule has 0 unspecified atom stereocenters. The maximum absolute atomic E-state index is 13.3. The Morgan fingerprint density at radius 1 is 1.25 bits per heavy atom. The first-order chi connectivity index (χ1) is 13.5. The van der Waals surface area contributed by atoms with Crippen LogP contribution < -0.4 is 9.47 Å². The fraction of sp³-hybridized carbons (Fsp3) is 0.381. The van der Waals surface area contributed by atoms with Crippen molar-refractivity contribution in [2.45, 2.75) is 31.5 Å². The first-order valence-electron chi connectivity index (χ1n) is 9.16. The highest BCUT2D eigenvalue weighted by atomic mass is 35.5. The maximum atomic E-state index is 13.3. The highest BCUT2D eigenvalue weighted by molar-refractivity contribution is 6.30. The predicted molar refractivity (Wildman–Crippen MR) is 104 cm³/mol. The van der Waals surface area contributed by atoms with E-state index in [1.165, 1.54) is 25.3 Å². The quantitative estimate of drug-likeness (QED) is 0.796. The first kappa shape index (κ1) is 20.4. The van der Waals surface area contributed by atoms with Gasteiger partial charge in [-0.2, -0.15) is 0 Å². The summed E-state index contributed by atoms with van der Waals surface area (Å²) in [4.78, 5) is 14.1. The summed E-state index contributed by atoms with van der Waals surface area (Å²) in [5, 5.41) is 11.1. The zero-order valence-corrected chi connectivity index (χ0v) is 16.4. The number of carbonyl (C=O) groups is 1. The molecule has 0 aromatic heterocycles. The molecule has 1 aliphatic rings. The average Bonchev–Trinajstić information content (AvgIpc) is 2.70. The average molecular weight is 408 g/mol. The molecule has 0 aliphatic carbocycles. The molecule has 0 saturated carbocycles. The maximum Gasteiger partial charge on any atom is 0.222 e. The van der Waals surface area contributed by atoms with E-state index in [2.05, 4.69) is 0 Å². The van der Waals surface area contributed by atoms with Gasteiger partial charge in [-0.3, -0.25) is 4.79 Å². The molecule has 1 aliphatic heterocycles. The second kappa shape index (κ2) is 9.26. The Morgan fingerprint density at radius 2 is 2.00 bits per heavy atom. The van der Waals surface area contributed by atoms with Gasteiger partial charge >= 0.3 is 0 Å². The molecule has 3 rings (SSSR count). The van der Waals surface area contributed by atoms with Crippen molar-refractivity contribution in [1.29, 1.82) is 0 Å². The number of nitrogens with zero attached hydrogens (tertiary/aromatic N) is 1. The fourth-order valence-electron chi connectivity index (χ4n) is 3.24. The number of hydrogen-bond acceptors (Lipinski definition) is 4. The van der Waals surface area contributed by atoms with Crippen LogP contribution in [0.25, 0.3) is 0 Å². The van der Waals surface area contributed by atoms with Crippen LogP contribution in [-0.2, 0) is 11.2 Å². The summed E-state index contributed by atoms with van der Waals surface area (Å²) in [6.45, 7) is 0.693. The molecular weight excluding hydrogens is 385 g/mol. The van der Waals surface area contributed by atoms with E-state index in [0.717, 1.165) is 5.56 Å². The van der Waals surface area contributed by atoms with Gasteiger partial charge in [0, 0.05) is 30.5 Å². The number of methoxy groups -OCH3 is 1. The van der Waals surface area contributed by atoms with Crippen LogP contribution in [-0.4, -0.2) is 48.3 Å². The number of ether oxygens (including phenoxy) is 2. The Balaban J connectivity index is 1.53. The standard InChI is InChI=1S/C21H23ClFNO4/c1-27-20-12-16(23)7-8-19(20)28-18-10-11-24(13-17(18)25)21(26)9-4-14-2-5-15(22)6-3-14/h2-3,5-8,12,17-18,25H,4,9-11,13H2,1H3/t17-,18-/m1/s1. The minimum atomic E-state index is -0.831. The van der Waals surface area contributed by atoms with Gasteiger partial charge in [-0.25, -0.2) is 4.39 Å².